The van der Waals surface area contributed by atoms with Gasteiger partial charge >= 0.3 is 0 Å². The fraction of sp³-hybridized carbons (Fsp3) is 0.615. The minimum Gasteiger partial charge on any atom is -0.491 e. The first kappa shape index (κ1) is 11.4. The van der Waals surface area contributed by atoms with Gasteiger partial charge in [-0.05, 0) is 37.9 Å². The smallest absolute Gasteiger partial charge is 0.142 e. The molecular formula is C13H20N2O. The molecule has 16 heavy (non-hydrogen) atoms. The highest BCUT2D eigenvalue weighted by atomic mass is 16.5. The lowest BCUT2D eigenvalue weighted by atomic mass is 10.1. The predicted octanol–water partition coefficient (Wildman–Crippen LogP) is 2.37. The van der Waals surface area contributed by atoms with Crippen LogP contribution in [0.5, 0.6) is 5.75 Å². The molecule has 1 aromatic heterocycles. The van der Waals surface area contributed by atoms with Crippen molar-refractivity contribution < 1.29 is 4.74 Å². The average Bonchev–Trinajstić information content (AvgIpc) is 2.81. The third kappa shape index (κ3) is 2.95. The van der Waals surface area contributed by atoms with Crippen molar-refractivity contribution in [2.45, 2.75) is 32.2 Å². The first-order valence-electron chi connectivity index (χ1n) is 6.11. The summed E-state index contributed by atoms with van der Waals surface area (Å²) in [5.74, 6) is 1.69. The number of rotatable bonds is 5. The topological polar surface area (TPSA) is 34.2 Å². The second kappa shape index (κ2) is 5.85. The second-order valence-corrected chi connectivity index (χ2v) is 4.44. The molecule has 0 amide bonds. The summed E-state index contributed by atoms with van der Waals surface area (Å²) < 4.78 is 5.87. The Morgan fingerprint density at radius 3 is 3.00 bits per heavy atom. The van der Waals surface area contributed by atoms with E-state index >= 15 is 0 Å². The fourth-order valence-electron chi connectivity index (χ4n) is 2.24. The van der Waals surface area contributed by atoms with Crippen LogP contribution in [0.3, 0.4) is 0 Å². The standard InChI is InChI=1S/C13H20N2O/c1-14-9-12-13(7-4-8-15-12)16-10-11-5-2-3-6-11/h4,7-8,11,14H,2-3,5-6,9-10H2,1H3. The zero-order valence-corrected chi connectivity index (χ0v) is 9.91. The normalized spacial score (nSPS) is 16.6. The molecule has 1 aromatic rings. The maximum atomic E-state index is 5.87. The van der Waals surface area contributed by atoms with E-state index < -0.39 is 0 Å². The van der Waals surface area contributed by atoms with E-state index in [1.54, 1.807) is 0 Å². The van der Waals surface area contributed by atoms with Gasteiger partial charge in [0.2, 0.25) is 0 Å². The third-order valence-electron chi connectivity index (χ3n) is 3.14. The number of ether oxygens (including phenoxy) is 1. The molecule has 0 radical (unpaired) electrons. The van der Waals surface area contributed by atoms with Crippen LogP contribution in [0, 0.1) is 5.92 Å². The molecule has 0 unspecified atom stereocenters. The lowest BCUT2D eigenvalue weighted by Gasteiger charge is -2.13. The van der Waals surface area contributed by atoms with Crippen molar-refractivity contribution in [1.82, 2.24) is 10.3 Å². The summed E-state index contributed by atoms with van der Waals surface area (Å²) >= 11 is 0. The van der Waals surface area contributed by atoms with Gasteiger partial charge in [0.15, 0.2) is 0 Å². The Bertz CT molecular complexity index is 321. The van der Waals surface area contributed by atoms with Crippen molar-refractivity contribution in [3.05, 3.63) is 24.0 Å². The summed E-state index contributed by atoms with van der Waals surface area (Å²) in [7, 11) is 1.93. The molecule has 88 valence electrons. The molecule has 1 fully saturated rings. The Morgan fingerprint density at radius 2 is 2.25 bits per heavy atom. The first-order chi connectivity index (χ1) is 7.90. The molecule has 0 aromatic carbocycles. The van der Waals surface area contributed by atoms with Crippen LogP contribution in [0.4, 0.5) is 0 Å². The van der Waals surface area contributed by atoms with Gasteiger partial charge in [0.25, 0.3) is 0 Å². The van der Waals surface area contributed by atoms with E-state index in [0.29, 0.717) is 0 Å². The molecule has 0 saturated heterocycles. The third-order valence-corrected chi connectivity index (χ3v) is 3.14. The molecule has 3 heteroatoms. The van der Waals surface area contributed by atoms with Crippen molar-refractivity contribution in [1.29, 1.82) is 0 Å². The Kier molecular flexibility index (Phi) is 4.17. The largest absolute Gasteiger partial charge is 0.491 e. The molecule has 1 aliphatic rings. The molecule has 2 rings (SSSR count). The summed E-state index contributed by atoms with van der Waals surface area (Å²) in [6, 6.07) is 3.94. The monoisotopic (exact) mass is 220 g/mol. The summed E-state index contributed by atoms with van der Waals surface area (Å²) in [6.45, 7) is 1.61. The van der Waals surface area contributed by atoms with Crippen molar-refractivity contribution in [3.8, 4) is 5.75 Å². The van der Waals surface area contributed by atoms with Crippen molar-refractivity contribution in [2.75, 3.05) is 13.7 Å². The molecule has 3 nitrogen and oxygen atoms in total. The number of pyridine rings is 1. The molecular weight excluding hydrogens is 200 g/mol. The van der Waals surface area contributed by atoms with Gasteiger partial charge in [-0.2, -0.15) is 0 Å². The van der Waals surface area contributed by atoms with E-state index in [9.17, 15) is 0 Å². The quantitative estimate of drug-likeness (QED) is 0.827. The maximum Gasteiger partial charge on any atom is 0.142 e. The van der Waals surface area contributed by atoms with Crippen LogP contribution in [0.15, 0.2) is 18.3 Å². The molecule has 0 atom stereocenters. The molecule has 1 saturated carbocycles. The fourth-order valence-corrected chi connectivity index (χ4v) is 2.24. The Morgan fingerprint density at radius 1 is 1.44 bits per heavy atom. The van der Waals surface area contributed by atoms with E-state index in [1.165, 1.54) is 25.7 Å². The van der Waals surface area contributed by atoms with E-state index in [1.807, 2.05) is 25.4 Å². The summed E-state index contributed by atoms with van der Waals surface area (Å²) in [4.78, 5) is 4.33. The molecule has 1 heterocycles. The zero-order chi connectivity index (χ0) is 11.2. The van der Waals surface area contributed by atoms with Crippen LogP contribution in [-0.2, 0) is 6.54 Å². The molecule has 0 aliphatic heterocycles. The highest BCUT2D eigenvalue weighted by molar-refractivity contribution is 5.26. The lowest BCUT2D eigenvalue weighted by molar-refractivity contribution is 0.248. The molecule has 0 spiro atoms. The Labute approximate surface area is 97.2 Å². The zero-order valence-electron chi connectivity index (χ0n) is 9.91. The van der Waals surface area contributed by atoms with Crippen molar-refractivity contribution in [2.24, 2.45) is 5.92 Å². The van der Waals surface area contributed by atoms with Crippen LogP contribution in [0.1, 0.15) is 31.4 Å². The highest BCUT2D eigenvalue weighted by Gasteiger charge is 2.16. The number of nitrogens with one attached hydrogen (secondary N) is 1. The van der Waals surface area contributed by atoms with Crippen molar-refractivity contribution >= 4 is 0 Å². The number of hydrogen-bond donors (Lipinski definition) is 1. The average molecular weight is 220 g/mol. The van der Waals surface area contributed by atoms with E-state index in [0.717, 1.165) is 30.5 Å². The Balaban J connectivity index is 1.91. The number of nitrogens with zero attached hydrogens (tertiary/aromatic N) is 1. The van der Waals surface area contributed by atoms with Gasteiger partial charge in [-0.3, -0.25) is 4.98 Å². The molecule has 1 N–H and O–H groups in total. The van der Waals surface area contributed by atoms with Crippen molar-refractivity contribution in [3.63, 3.8) is 0 Å². The van der Waals surface area contributed by atoms with Crippen LogP contribution in [-0.4, -0.2) is 18.6 Å². The van der Waals surface area contributed by atoms with Crippen LogP contribution >= 0.6 is 0 Å². The van der Waals surface area contributed by atoms with Crippen LogP contribution in [0.25, 0.3) is 0 Å². The Hall–Kier alpha value is -1.09. The van der Waals surface area contributed by atoms with E-state index in [2.05, 4.69) is 10.3 Å². The number of hydrogen-bond acceptors (Lipinski definition) is 3. The summed E-state index contributed by atoms with van der Waals surface area (Å²) in [6.07, 6.45) is 7.19. The van der Waals surface area contributed by atoms with Gasteiger partial charge in [-0.25, -0.2) is 0 Å². The molecule has 1 aliphatic carbocycles. The van der Waals surface area contributed by atoms with Gasteiger partial charge in [-0.15, -0.1) is 0 Å². The van der Waals surface area contributed by atoms with Gasteiger partial charge in [-0.1, -0.05) is 12.8 Å². The molecule has 0 bridgehead atoms. The van der Waals surface area contributed by atoms with Gasteiger partial charge in [0, 0.05) is 12.7 Å². The van der Waals surface area contributed by atoms with Crippen LogP contribution < -0.4 is 10.1 Å². The minimum absolute atomic E-state index is 0.752. The predicted molar refractivity (Wildman–Crippen MR) is 64.5 cm³/mol. The highest BCUT2D eigenvalue weighted by Crippen LogP contribution is 2.26. The first-order valence-corrected chi connectivity index (χ1v) is 6.11. The number of aromatic nitrogens is 1. The van der Waals surface area contributed by atoms with Crippen LogP contribution in [0.2, 0.25) is 0 Å². The van der Waals surface area contributed by atoms with E-state index in [-0.39, 0.29) is 0 Å². The van der Waals surface area contributed by atoms with Gasteiger partial charge < -0.3 is 10.1 Å². The van der Waals surface area contributed by atoms with Gasteiger partial charge in [0.1, 0.15) is 5.75 Å². The lowest BCUT2D eigenvalue weighted by Crippen LogP contribution is -2.12. The minimum atomic E-state index is 0.752. The maximum absolute atomic E-state index is 5.87. The van der Waals surface area contributed by atoms with E-state index in [4.69, 9.17) is 4.74 Å². The summed E-state index contributed by atoms with van der Waals surface area (Å²) in [5, 5.41) is 3.11. The SMILES string of the molecule is CNCc1ncccc1OCC1CCCC1. The summed E-state index contributed by atoms with van der Waals surface area (Å²) in [5.41, 5.74) is 1.00. The second-order valence-electron chi connectivity index (χ2n) is 4.44. The van der Waals surface area contributed by atoms with Gasteiger partial charge in [0.05, 0.1) is 12.3 Å².